The van der Waals surface area contributed by atoms with Gasteiger partial charge in [-0.1, -0.05) is 24.3 Å². The summed E-state index contributed by atoms with van der Waals surface area (Å²) in [6, 6.07) is 15.2. The van der Waals surface area contributed by atoms with Crippen molar-refractivity contribution < 1.29 is 14.3 Å². The van der Waals surface area contributed by atoms with E-state index >= 15 is 0 Å². The fourth-order valence-corrected chi connectivity index (χ4v) is 1.84. The van der Waals surface area contributed by atoms with Crippen molar-refractivity contribution in [2.24, 2.45) is 0 Å². The average Bonchev–Trinajstić information content (AvgIpc) is 2.53. The molecular formula is C17H13NO3. The van der Waals surface area contributed by atoms with E-state index in [2.05, 4.69) is 0 Å². The Morgan fingerprint density at radius 3 is 2.24 bits per heavy atom. The molecule has 0 aliphatic carbocycles. The number of ketones is 1. The summed E-state index contributed by atoms with van der Waals surface area (Å²) < 4.78 is 5.59. The van der Waals surface area contributed by atoms with Crippen LogP contribution in [-0.2, 0) is 4.79 Å². The Morgan fingerprint density at radius 2 is 1.76 bits per heavy atom. The Bertz CT molecular complexity index is 681. The van der Waals surface area contributed by atoms with Crippen molar-refractivity contribution in [3.63, 3.8) is 0 Å². The molecule has 4 heteroatoms. The summed E-state index contributed by atoms with van der Waals surface area (Å²) in [4.78, 5) is 22.4. The molecule has 0 fully saturated rings. The van der Waals surface area contributed by atoms with Gasteiger partial charge >= 0.3 is 0 Å². The van der Waals surface area contributed by atoms with Gasteiger partial charge in [0.2, 0.25) is 0 Å². The zero-order chi connectivity index (χ0) is 15.2. The lowest BCUT2D eigenvalue weighted by molar-refractivity contribution is -0.113. The zero-order valence-electron chi connectivity index (χ0n) is 11.4. The molecule has 0 heterocycles. The van der Waals surface area contributed by atoms with Crippen molar-refractivity contribution in [3.05, 3.63) is 65.2 Å². The summed E-state index contributed by atoms with van der Waals surface area (Å²) in [6.45, 7) is 1.49. The fraction of sp³-hybridized carbons (Fsp3) is 0.118. The van der Waals surface area contributed by atoms with Crippen LogP contribution in [-0.4, -0.2) is 12.1 Å². The smallest absolute Gasteiger partial charge is 0.179 e. The number of hydrogen-bond acceptors (Lipinski definition) is 4. The molecular weight excluding hydrogens is 266 g/mol. The molecule has 1 atom stereocenters. The quantitative estimate of drug-likeness (QED) is 0.623. The molecule has 0 radical (unpaired) electrons. The summed E-state index contributed by atoms with van der Waals surface area (Å²) in [6.07, 6.45) is -0.0556. The maximum absolute atomic E-state index is 11.2. The monoisotopic (exact) mass is 279 g/mol. The Labute approximate surface area is 122 Å². The van der Waals surface area contributed by atoms with Crippen LogP contribution < -0.4 is 4.74 Å². The minimum absolute atomic E-state index is 0.0304. The van der Waals surface area contributed by atoms with Gasteiger partial charge in [0.15, 0.2) is 18.2 Å². The molecule has 0 amide bonds. The topological polar surface area (TPSA) is 67.2 Å². The third-order valence-electron chi connectivity index (χ3n) is 3.02. The highest BCUT2D eigenvalue weighted by Gasteiger charge is 2.12. The second kappa shape index (κ2) is 6.49. The van der Waals surface area contributed by atoms with E-state index in [9.17, 15) is 9.59 Å². The van der Waals surface area contributed by atoms with Crippen LogP contribution in [0, 0.1) is 11.3 Å². The molecule has 21 heavy (non-hydrogen) atoms. The van der Waals surface area contributed by atoms with Crippen LogP contribution in [0.1, 0.15) is 34.5 Å². The number of nitriles is 1. The molecule has 0 aliphatic rings. The van der Waals surface area contributed by atoms with Crippen molar-refractivity contribution in [1.29, 1.82) is 5.26 Å². The van der Waals surface area contributed by atoms with Crippen molar-refractivity contribution in [1.82, 2.24) is 0 Å². The molecule has 4 nitrogen and oxygen atoms in total. The second-order valence-corrected chi connectivity index (χ2v) is 4.49. The van der Waals surface area contributed by atoms with Crippen molar-refractivity contribution in [2.45, 2.75) is 13.0 Å². The number of aldehydes is 1. The molecule has 1 unspecified atom stereocenters. The Kier molecular flexibility index (Phi) is 4.47. The van der Waals surface area contributed by atoms with Crippen molar-refractivity contribution in [2.75, 3.05) is 0 Å². The van der Waals surface area contributed by atoms with E-state index in [0.717, 1.165) is 0 Å². The number of hydrogen-bond donors (Lipinski definition) is 0. The standard InChI is InChI=1S/C17H13NO3/c1-12(20)14-4-6-15(7-5-14)17(11-19)21-16-8-2-13(10-18)3-9-16/h2-9,11,17H,1H3. The lowest BCUT2D eigenvalue weighted by Gasteiger charge is -2.14. The first-order valence-electron chi connectivity index (χ1n) is 6.37. The van der Waals surface area contributed by atoms with Gasteiger partial charge in [-0.2, -0.15) is 5.26 Å². The summed E-state index contributed by atoms with van der Waals surface area (Å²) in [5.41, 5.74) is 1.77. The van der Waals surface area contributed by atoms with E-state index in [0.29, 0.717) is 28.7 Å². The maximum Gasteiger partial charge on any atom is 0.179 e. The van der Waals surface area contributed by atoms with Gasteiger partial charge in [0.05, 0.1) is 11.6 Å². The van der Waals surface area contributed by atoms with Gasteiger partial charge in [-0.05, 0) is 36.8 Å². The average molecular weight is 279 g/mol. The van der Waals surface area contributed by atoms with E-state index in [-0.39, 0.29) is 5.78 Å². The summed E-state index contributed by atoms with van der Waals surface area (Å²) >= 11 is 0. The minimum atomic E-state index is -0.751. The van der Waals surface area contributed by atoms with Crippen molar-refractivity contribution in [3.8, 4) is 11.8 Å². The first kappa shape index (κ1) is 14.5. The van der Waals surface area contributed by atoms with Gasteiger partial charge < -0.3 is 4.74 Å². The summed E-state index contributed by atoms with van der Waals surface area (Å²) in [7, 11) is 0. The number of Topliss-reactive ketones (excluding diaryl/α,β-unsaturated/α-hetero) is 1. The molecule has 2 rings (SSSR count). The van der Waals surface area contributed by atoms with Gasteiger partial charge in [0.1, 0.15) is 5.75 Å². The van der Waals surface area contributed by atoms with E-state index in [1.807, 2.05) is 6.07 Å². The first-order chi connectivity index (χ1) is 10.1. The molecule has 104 valence electrons. The van der Waals surface area contributed by atoms with Crippen LogP contribution in [0.3, 0.4) is 0 Å². The highest BCUT2D eigenvalue weighted by molar-refractivity contribution is 5.94. The van der Waals surface area contributed by atoms with Crippen LogP contribution >= 0.6 is 0 Å². The third kappa shape index (κ3) is 3.54. The normalized spacial score (nSPS) is 11.2. The molecule has 0 bridgehead atoms. The second-order valence-electron chi connectivity index (χ2n) is 4.49. The number of benzene rings is 2. The lowest BCUT2D eigenvalue weighted by atomic mass is 10.1. The molecule has 0 N–H and O–H groups in total. The predicted molar refractivity (Wildman–Crippen MR) is 77.0 cm³/mol. The largest absolute Gasteiger partial charge is 0.478 e. The van der Waals surface area contributed by atoms with Gasteiger partial charge in [-0.15, -0.1) is 0 Å². The summed E-state index contributed by atoms with van der Waals surface area (Å²) in [5.74, 6) is 0.471. The Balaban J connectivity index is 2.17. The minimum Gasteiger partial charge on any atom is -0.478 e. The van der Waals surface area contributed by atoms with Crippen molar-refractivity contribution >= 4 is 12.1 Å². The number of carbonyl (C=O) groups excluding carboxylic acids is 2. The predicted octanol–water partition coefficient (Wildman–Crippen LogP) is 3.08. The van der Waals surface area contributed by atoms with Crippen LogP contribution in [0.25, 0.3) is 0 Å². The molecule has 0 saturated carbocycles. The van der Waals surface area contributed by atoms with E-state index in [4.69, 9.17) is 10.00 Å². The number of nitrogens with zero attached hydrogens (tertiary/aromatic N) is 1. The van der Waals surface area contributed by atoms with Gasteiger partial charge in [-0.25, -0.2) is 0 Å². The van der Waals surface area contributed by atoms with Gasteiger partial charge in [0.25, 0.3) is 0 Å². The number of rotatable bonds is 5. The molecule has 0 aromatic heterocycles. The number of ether oxygens (including phenoxy) is 1. The molecule has 2 aromatic carbocycles. The van der Waals surface area contributed by atoms with Crippen LogP contribution in [0.4, 0.5) is 0 Å². The Morgan fingerprint density at radius 1 is 1.14 bits per heavy atom. The lowest BCUT2D eigenvalue weighted by Crippen LogP contribution is -2.09. The SMILES string of the molecule is CC(=O)c1ccc(C(C=O)Oc2ccc(C#N)cc2)cc1. The third-order valence-corrected chi connectivity index (χ3v) is 3.02. The Hall–Kier alpha value is -2.93. The van der Waals surface area contributed by atoms with Crippen LogP contribution in [0.15, 0.2) is 48.5 Å². The number of carbonyl (C=O) groups is 2. The van der Waals surface area contributed by atoms with Gasteiger partial charge in [0, 0.05) is 5.56 Å². The van der Waals surface area contributed by atoms with Gasteiger partial charge in [-0.3, -0.25) is 9.59 Å². The maximum atomic E-state index is 11.2. The van der Waals surface area contributed by atoms with E-state index < -0.39 is 6.10 Å². The molecule has 2 aromatic rings. The molecule has 0 spiro atoms. The first-order valence-corrected chi connectivity index (χ1v) is 6.37. The summed E-state index contributed by atoms with van der Waals surface area (Å²) in [5, 5.41) is 8.73. The van der Waals surface area contributed by atoms with E-state index in [1.54, 1.807) is 48.5 Å². The fourth-order valence-electron chi connectivity index (χ4n) is 1.84. The van der Waals surface area contributed by atoms with Crippen LogP contribution in [0.5, 0.6) is 5.75 Å². The molecule has 0 aliphatic heterocycles. The zero-order valence-corrected chi connectivity index (χ0v) is 11.4. The highest BCUT2D eigenvalue weighted by Crippen LogP contribution is 2.21. The van der Waals surface area contributed by atoms with Crippen LogP contribution in [0.2, 0.25) is 0 Å². The highest BCUT2D eigenvalue weighted by atomic mass is 16.5. The molecule has 0 saturated heterocycles. The van der Waals surface area contributed by atoms with E-state index in [1.165, 1.54) is 6.92 Å².